The minimum atomic E-state index is 0.109. The van der Waals surface area contributed by atoms with Gasteiger partial charge in [0.2, 0.25) is 0 Å². The number of aliphatic imine (C=N–C) groups is 1. The summed E-state index contributed by atoms with van der Waals surface area (Å²) in [5, 5.41) is 6.76. The standard InChI is InChI=1S/C24H36N4O3/c1-7-25-24(26-15-14-18-12-13-22(30-5)23(16-18)31-6)27-17-20(28(2)3)19-10-8-9-11-21(19)29-4/h8-13,16,20H,7,14-15,17H2,1-6H3,(H2,25,26,27). The van der Waals surface area contributed by atoms with E-state index in [1.165, 1.54) is 5.56 Å². The summed E-state index contributed by atoms with van der Waals surface area (Å²) in [7, 11) is 9.12. The molecule has 0 saturated heterocycles. The molecule has 2 aromatic rings. The lowest BCUT2D eigenvalue weighted by molar-refractivity contribution is 0.295. The monoisotopic (exact) mass is 428 g/mol. The molecule has 7 nitrogen and oxygen atoms in total. The Morgan fingerprint density at radius 2 is 1.65 bits per heavy atom. The van der Waals surface area contributed by atoms with Crippen LogP contribution in [0.4, 0.5) is 0 Å². The van der Waals surface area contributed by atoms with Crippen molar-refractivity contribution in [3.8, 4) is 17.2 Å². The molecule has 2 N–H and O–H groups in total. The Morgan fingerprint density at radius 3 is 2.29 bits per heavy atom. The molecule has 1 unspecified atom stereocenters. The third-order valence-corrected chi connectivity index (χ3v) is 5.04. The number of nitrogens with zero attached hydrogens (tertiary/aromatic N) is 2. The van der Waals surface area contributed by atoms with E-state index in [1.807, 2.05) is 30.3 Å². The molecular formula is C24H36N4O3. The number of methoxy groups -OCH3 is 3. The summed E-state index contributed by atoms with van der Waals surface area (Å²) in [5.41, 5.74) is 2.29. The van der Waals surface area contributed by atoms with Crippen LogP contribution in [0.2, 0.25) is 0 Å². The molecule has 2 aromatic carbocycles. The molecule has 170 valence electrons. The summed E-state index contributed by atoms with van der Waals surface area (Å²) in [6.07, 6.45) is 0.842. The van der Waals surface area contributed by atoms with Gasteiger partial charge in [0.15, 0.2) is 17.5 Å². The zero-order valence-electron chi connectivity index (χ0n) is 19.6. The summed E-state index contributed by atoms with van der Waals surface area (Å²) in [4.78, 5) is 6.99. The molecule has 0 aliphatic heterocycles. The molecule has 0 fully saturated rings. The summed E-state index contributed by atoms with van der Waals surface area (Å²) in [6, 6.07) is 14.2. The lowest BCUT2D eigenvalue weighted by atomic mass is 10.0. The molecule has 0 bridgehead atoms. The molecule has 0 radical (unpaired) electrons. The topological polar surface area (TPSA) is 67.4 Å². The first-order valence-electron chi connectivity index (χ1n) is 10.6. The maximum atomic E-state index is 5.55. The Bertz CT molecular complexity index is 839. The second-order valence-corrected chi connectivity index (χ2v) is 7.31. The van der Waals surface area contributed by atoms with Crippen LogP contribution in [0.3, 0.4) is 0 Å². The highest BCUT2D eigenvalue weighted by Gasteiger charge is 2.18. The fourth-order valence-electron chi connectivity index (χ4n) is 3.36. The van der Waals surface area contributed by atoms with Gasteiger partial charge in [0.1, 0.15) is 5.75 Å². The summed E-state index contributed by atoms with van der Waals surface area (Å²) >= 11 is 0. The number of para-hydroxylation sites is 1. The Morgan fingerprint density at radius 1 is 0.935 bits per heavy atom. The van der Waals surface area contributed by atoms with Gasteiger partial charge in [0, 0.05) is 18.7 Å². The molecule has 0 heterocycles. The summed E-state index contributed by atoms with van der Waals surface area (Å²) < 4.78 is 16.3. The van der Waals surface area contributed by atoms with Crippen LogP contribution >= 0.6 is 0 Å². The number of ether oxygens (including phenoxy) is 3. The molecule has 7 heteroatoms. The van der Waals surface area contributed by atoms with Gasteiger partial charge in [-0.15, -0.1) is 0 Å². The molecule has 0 aliphatic rings. The normalized spacial score (nSPS) is 12.4. The van der Waals surface area contributed by atoms with Crippen LogP contribution in [0.1, 0.15) is 24.1 Å². The third kappa shape index (κ3) is 7.07. The first-order chi connectivity index (χ1) is 15.0. The molecule has 1 atom stereocenters. The van der Waals surface area contributed by atoms with Crippen molar-refractivity contribution in [2.45, 2.75) is 19.4 Å². The maximum absolute atomic E-state index is 5.55. The lowest BCUT2D eigenvalue weighted by Gasteiger charge is -2.25. The highest BCUT2D eigenvalue weighted by Crippen LogP contribution is 2.28. The first kappa shape index (κ1) is 24.3. The molecule has 2 rings (SSSR count). The second kappa shape index (κ2) is 12.7. The second-order valence-electron chi connectivity index (χ2n) is 7.31. The van der Waals surface area contributed by atoms with Crippen molar-refractivity contribution in [3.63, 3.8) is 0 Å². The Labute approximate surface area is 186 Å². The van der Waals surface area contributed by atoms with E-state index in [1.54, 1.807) is 21.3 Å². The van der Waals surface area contributed by atoms with Gasteiger partial charge in [-0.25, -0.2) is 0 Å². The molecular weight excluding hydrogens is 392 g/mol. The van der Waals surface area contributed by atoms with Crippen molar-refractivity contribution in [1.82, 2.24) is 15.5 Å². The van der Waals surface area contributed by atoms with Gasteiger partial charge in [-0.2, -0.15) is 0 Å². The van der Waals surface area contributed by atoms with Crippen molar-refractivity contribution in [2.24, 2.45) is 4.99 Å². The predicted octanol–water partition coefficient (Wildman–Crippen LogP) is 3.11. The van der Waals surface area contributed by atoms with Crippen LogP contribution in [0.15, 0.2) is 47.5 Å². The van der Waals surface area contributed by atoms with Crippen molar-refractivity contribution in [1.29, 1.82) is 0 Å². The quantitative estimate of drug-likeness (QED) is 0.423. The Kier molecular flexibility index (Phi) is 9.97. The van der Waals surface area contributed by atoms with Gasteiger partial charge in [0.25, 0.3) is 0 Å². The van der Waals surface area contributed by atoms with E-state index in [0.717, 1.165) is 48.3 Å². The van der Waals surface area contributed by atoms with Crippen LogP contribution < -0.4 is 24.8 Å². The smallest absolute Gasteiger partial charge is 0.191 e. The van der Waals surface area contributed by atoms with Crippen molar-refractivity contribution in [2.75, 3.05) is 55.1 Å². The van der Waals surface area contributed by atoms with Crippen LogP contribution in [0.5, 0.6) is 17.2 Å². The van der Waals surface area contributed by atoms with Crippen molar-refractivity contribution >= 4 is 5.96 Å². The molecule has 0 amide bonds. The fraction of sp³-hybridized carbons (Fsp3) is 0.458. The minimum absolute atomic E-state index is 0.109. The number of guanidine groups is 1. The van der Waals surface area contributed by atoms with Gasteiger partial charge in [0.05, 0.1) is 33.9 Å². The molecule has 0 saturated carbocycles. The molecule has 0 aliphatic carbocycles. The third-order valence-electron chi connectivity index (χ3n) is 5.04. The van der Waals surface area contributed by atoms with Gasteiger partial charge in [-0.05, 0) is 51.2 Å². The highest BCUT2D eigenvalue weighted by molar-refractivity contribution is 5.79. The number of hydrogen-bond donors (Lipinski definition) is 2. The highest BCUT2D eigenvalue weighted by atomic mass is 16.5. The van der Waals surface area contributed by atoms with E-state index in [9.17, 15) is 0 Å². The number of hydrogen-bond acceptors (Lipinski definition) is 5. The van der Waals surface area contributed by atoms with Gasteiger partial charge >= 0.3 is 0 Å². The largest absolute Gasteiger partial charge is 0.496 e. The average Bonchev–Trinajstić information content (AvgIpc) is 2.79. The van der Waals surface area contributed by atoms with Gasteiger partial charge in [-0.1, -0.05) is 24.3 Å². The number of benzene rings is 2. The van der Waals surface area contributed by atoms with E-state index in [4.69, 9.17) is 19.2 Å². The number of rotatable bonds is 11. The van der Waals surface area contributed by atoms with Crippen LogP contribution in [-0.4, -0.2) is 65.9 Å². The van der Waals surface area contributed by atoms with E-state index >= 15 is 0 Å². The SMILES string of the molecule is CCNC(=NCC(c1ccccc1OC)N(C)C)NCCc1ccc(OC)c(OC)c1. The minimum Gasteiger partial charge on any atom is -0.496 e. The van der Waals surface area contributed by atoms with Crippen LogP contribution in [0.25, 0.3) is 0 Å². The Hall–Kier alpha value is -2.93. The Balaban J connectivity index is 2.05. The van der Waals surface area contributed by atoms with Crippen LogP contribution in [-0.2, 0) is 6.42 Å². The number of nitrogens with one attached hydrogen (secondary N) is 2. The molecule has 31 heavy (non-hydrogen) atoms. The lowest BCUT2D eigenvalue weighted by Crippen LogP contribution is -2.39. The number of likely N-dealkylation sites (N-methyl/N-ethyl adjacent to an activating group) is 1. The fourth-order valence-corrected chi connectivity index (χ4v) is 3.36. The zero-order chi connectivity index (χ0) is 22.6. The predicted molar refractivity (Wildman–Crippen MR) is 127 cm³/mol. The van der Waals surface area contributed by atoms with Gasteiger partial charge < -0.3 is 29.7 Å². The zero-order valence-corrected chi connectivity index (χ0v) is 19.6. The summed E-state index contributed by atoms with van der Waals surface area (Å²) in [5.74, 6) is 3.15. The van der Waals surface area contributed by atoms with E-state index in [-0.39, 0.29) is 6.04 Å². The maximum Gasteiger partial charge on any atom is 0.191 e. The van der Waals surface area contributed by atoms with Gasteiger partial charge in [-0.3, -0.25) is 4.99 Å². The summed E-state index contributed by atoms with van der Waals surface area (Å²) in [6.45, 7) is 4.22. The van der Waals surface area contributed by atoms with E-state index < -0.39 is 0 Å². The molecule has 0 aromatic heterocycles. The average molecular weight is 429 g/mol. The van der Waals surface area contributed by atoms with E-state index in [0.29, 0.717) is 6.54 Å². The first-order valence-corrected chi connectivity index (χ1v) is 10.6. The molecule has 0 spiro atoms. The van der Waals surface area contributed by atoms with E-state index in [2.05, 4.69) is 48.7 Å². The van der Waals surface area contributed by atoms with Crippen molar-refractivity contribution < 1.29 is 14.2 Å². The van der Waals surface area contributed by atoms with Crippen LogP contribution in [0, 0.1) is 0 Å². The van der Waals surface area contributed by atoms with Crippen molar-refractivity contribution in [3.05, 3.63) is 53.6 Å².